The second-order valence-corrected chi connectivity index (χ2v) is 5.79. The summed E-state index contributed by atoms with van der Waals surface area (Å²) in [6, 6.07) is 18.6. The van der Waals surface area contributed by atoms with Crippen molar-refractivity contribution in [3.8, 4) is 0 Å². The fraction of sp³-hybridized carbons (Fsp3) is 0.211. The highest BCUT2D eigenvalue weighted by Crippen LogP contribution is 2.35. The maximum absolute atomic E-state index is 12.3. The second kappa shape index (κ2) is 5.34. The van der Waals surface area contributed by atoms with Crippen molar-refractivity contribution in [3.05, 3.63) is 71.9 Å². The average molecular weight is 290 g/mol. The number of benzene rings is 2. The predicted molar refractivity (Wildman–Crippen MR) is 87.5 cm³/mol. The van der Waals surface area contributed by atoms with Crippen molar-refractivity contribution in [2.45, 2.75) is 18.9 Å². The van der Waals surface area contributed by atoms with E-state index in [-0.39, 0.29) is 11.9 Å². The van der Waals surface area contributed by atoms with Crippen LogP contribution in [0.15, 0.2) is 60.8 Å². The number of H-pyrrole nitrogens is 1. The monoisotopic (exact) mass is 290 g/mol. The van der Waals surface area contributed by atoms with Crippen LogP contribution in [0.1, 0.15) is 30.0 Å². The van der Waals surface area contributed by atoms with Crippen LogP contribution in [-0.2, 0) is 4.79 Å². The Balaban J connectivity index is 1.89. The molecular formula is C19H18N2O. The number of fused-ring (bicyclic) bond motifs is 1. The zero-order valence-electron chi connectivity index (χ0n) is 12.3. The molecule has 1 amide bonds. The van der Waals surface area contributed by atoms with Gasteiger partial charge in [-0.3, -0.25) is 4.79 Å². The summed E-state index contributed by atoms with van der Waals surface area (Å²) in [6.07, 6.45) is 3.66. The van der Waals surface area contributed by atoms with Gasteiger partial charge in [-0.1, -0.05) is 48.5 Å². The number of para-hydroxylation sites is 1. The summed E-state index contributed by atoms with van der Waals surface area (Å²) in [4.78, 5) is 17.7. The third kappa shape index (κ3) is 2.10. The predicted octanol–water partition coefficient (Wildman–Crippen LogP) is 3.88. The first-order valence-corrected chi connectivity index (χ1v) is 7.75. The summed E-state index contributed by atoms with van der Waals surface area (Å²) in [6.45, 7) is 0.831. The zero-order valence-corrected chi connectivity index (χ0v) is 12.3. The third-order valence-electron chi connectivity index (χ3n) is 4.45. The van der Waals surface area contributed by atoms with Crippen LogP contribution in [0.2, 0.25) is 0 Å². The molecule has 1 aromatic heterocycles. The topological polar surface area (TPSA) is 36.1 Å². The molecule has 0 spiro atoms. The van der Waals surface area contributed by atoms with Gasteiger partial charge in [0.2, 0.25) is 5.91 Å². The number of carbonyl (C=O) groups is 1. The van der Waals surface area contributed by atoms with Crippen LogP contribution < -0.4 is 0 Å². The SMILES string of the molecule is O=C1CCCN1C(c1ccccc1)c1c[nH]c2ccccc12. The lowest BCUT2D eigenvalue weighted by atomic mass is 9.97. The van der Waals surface area contributed by atoms with Crippen molar-refractivity contribution in [2.75, 3.05) is 6.54 Å². The van der Waals surface area contributed by atoms with E-state index in [2.05, 4.69) is 29.2 Å². The molecule has 1 atom stereocenters. The van der Waals surface area contributed by atoms with E-state index in [9.17, 15) is 4.79 Å². The molecule has 1 fully saturated rings. The molecule has 110 valence electrons. The van der Waals surface area contributed by atoms with Gasteiger partial charge in [0.25, 0.3) is 0 Å². The van der Waals surface area contributed by atoms with Gasteiger partial charge in [-0.05, 0) is 18.1 Å². The van der Waals surface area contributed by atoms with E-state index in [1.165, 1.54) is 16.5 Å². The smallest absolute Gasteiger partial charge is 0.223 e. The van der Waals surface area contributed by atoms with Crippen LogP contribution in [0.25, 0.3) is 10.9 Å². The van der Waals surface area contributed by atoms with Crippen molar-refractivity contribution in [1.29, 1.82) is 0 Å². The standard InChI is InChI=1S/C19H18N2O/c22-18-11-6-12-21(18)19(14-7-2-1-3-8-14)16-13-20-17-10-5-4-9-15(16)17/h1-5,7-10,13,19-20H,6,11-12H2. The lowest BCUT2D eigenvalue weighted by Gasteiger charge is -2.28. The van der Waals surface area contributed by atoms with Gasteiger partial charge in [-0.25, -0.2) is 0 Å². The van der Waals surface area contributed by atoms with Crippen molar-refractivity contribution in [3.63, 3.8) is 0 Å². The first kappa shape index (κ1) is 13.1. The summed E-state index contributed by atoms with van der Waals surface area (Å²) in [7, 11) is 0. The van der Waals surface area contributed by atoms with Gasteiger partial charge in [0.05, 0.1) is 6.04 Å². The number of likely N-dealkylation sites (tertiary alicyclic amines) is 1. The molecular weight excluding hydrogens is 272 g/mol. The summed E-state index contributed by atoms with van der Waals surface area (Å²) in [5.74, 6) is 0.249. The molecule has 1 aliphatic rings. The van der Waals surface area contributed by atoms with E-state index >= 15 is 0 Å². The molecule has 1 unspecified atom stereocenters. The van der Waals surface area contributed by atoms with Crippen LogP contribution >= 0.6 is 0 Å². The molecule has 1 N–H and O–H groups in total. The van der Waals surface area contributed by atoms with Crippen LogP contribution in [-0.4, -0.2) is 22.3 Å². The Hall–Kier alpha value is -2.55. The van der Waals surface area contributed by atoms with E-state index in [1.807, 2.05) is 41.4 Å². The Labute approximate surface area is 129 Å². The lowest BCUT2D eigenvalue weighted by Crippen LogP contribution is -2.30. The van der Waals surface area contributed by atoms with Gasteiger partial charge < -0.3 is 9.88 Å². The van der Waals surface area contributed by atoms with E-state index in [4.69, 9.17) is 0 Å². The van der Waals surface area contributed by atoms with Gasteiger partial charge >= 0.3 is 0 Å². The molecule has 3 aromatic rings. The third-order valence-corrected chi connectivity index (χ3v) is 4.45. The van der Waals surface area contributed by atoms with Crippen LogP contribution in [0.3, 0.4) is 0 Å². The van der Waals surface area contributed by atoms with Gasteiger partial charge in [0.1, 0.15) is 0 Å². The highest BCUT2D eigenvalue weighted by atomic mass is 16.2. The number of nitrogens with one attached hydrogen (secondary N) is 1. The Kier molecular flexibility index (Phi) is 3.19. The van der Waals surface area contributed by atoms with Crippen molar-refractivity contribution >= 4 is 16.8 Å². The molecule has 2 aromatic carbocycles. The molecule has 1 saturated heterocycles. The van der Waals surface area contributed by atoms with E-state index in [0.29, 0.717) is 6.42 Å². The van der Waals surface area contributed by atoms with Gasteiger partial charge in [0, 0.05) is 35.6 Å². The van der Waals surface area contributed by atoms with E-state index in [1.54, 1.807) is 0 Å². The van der Waals surface area contributed by atoms with E-state index in [0.717, 1.165) is 18.5 Å². The first-order valence-electron chi connectivity index (χ1n) is 7.75. The summed E-state index contributed by atoms with van der Waals surface area (Å²) >= 11 is 0. The highest BCUT2D eigenvalue weighted by molar-refractivity contribution is 5.86. The molecule has 0 aliphatic carbocycles. The summed E-state index contributed by atoms with van der Waals surface area (Å²) in [5, 5.41) is 1.19. The quantitative estimate of drug-likeness (QED) is 0.780. The number of aromatic nitrogens is 1. The largest absolute Gasteiger partial charge is 0.361 e. The zero-order chi connectivity index (χ0) is 14.9. The minimum absolute atomic E-state index is 0.00708. The molecule has 2 heterocycles. The van der Waals surface area contributed by atoms with Crippen molar-refractivity contribution in [2.24, 2.45) is 0 Å². The van der Waals surface area contributed by atoms with Crippen LogP contribution in [0, 0.1) is 0 Å². The van der Waals surface area contributed by atoms with Gasteiger partial charge in [0.15, 0.2) is 0 Å². The van der Waals surface area contributed by atoms with Crippen molar-refractivity contribution in [1.82, 2.24) is 9.88 Å². The van der Waals surface area contributed by atoms with Crippen LogP contribution in [0.4, 0.5) is 0 Å². The molecule has 22 heavy (non-hydrogen) atoms. The number of aromatic amines is 1. The number of rotatable bonds is 3. The molecule has 4 rings (SSSR count). The van der Waals surface area contributed by atoms with Crippen LogP contribution in [0.5, 0.6) is 0 Å². The molecule has 1 aliphatic heterocycles. The second-order valence-electron chi connectivity index (χ2n) is 5.79. The Bertz CT molecular complexity index is 806. The fourth-order valence-corrected chi connectivity index (χ4v) is 3.42. The summed E-state index contributed by atoms with van der Waals surface area (Å²) in [5.41, 5.74) is 3.46. The number of hydrogen-bond donors (Lipinski definition) is 1. The van der Waals surface area contributed by atoms with Gasteiger partial charge in [-0.2, -0.15) is 0 Å². The minimum atomic E-state index is -0.00708. The molecule has 0 radical (unpaired) electrons. The van der Waals surface area contributed by atoms with E-state index < -0.39 is 0 Å². The fourth-order valence-electron chi connectivity index (χ4n) is 3.42. The average Bonchev–Trinajstić information content (AvgIpc) is 3.17. The molecule has 0 saturated carbocycles. The van der Waals surface area contributed by atoms with Crippen molar-refractivity contribution < 1.29 is 4.79 Å². The Morgan fingerprint density at radius 3 is 2.55 bits per heavy atom. The normalized spacial score (nSPS) is 16.4. The first-order chi connectivity index (χ1) is 10.8. The Morgan fingerprint density at radius 2 is 1.77 bits per heavy atom. The number of carbonyl (C=O) groups excluding carboxylic acids is 1. The molecule has 0 bridgehead atoms. The minimum Gasteiger partial charge on any atom is -0.361 e. The van der Waals surface area contributed by atoms with Gasteiger partial charge in [-0.15, -0.1) is 0 Å². The Morgan fingerprint density at radius 1 is 1.00 bits per heavy atom. The highest BCUT2D eigenvalue weighted by Gasteiger charge is 2.31. The maximum Gasteiger partial charge on any atom is 0.223 e. The molecule has 3 heteroatoms. The molecule has 3 nitrogen and oxygen atoms in total. The number of nitrogens with zero attached hydrogens (tertiary/aromatic N) is 1. The number of hydrogen-bond acceptors (Lipinski definition) is 1. The number of amides is 1. The lowest BCUT2D eigenvalue weighted by molar-refractivity contribution is -0.129. The summed E-state index contributed by atoms with van der Waals surface area (Å²) < 4.78 is 0. The maximum atomic E-state index is 12.3.